The predicted octanol–water partition coefficient (Wildman–Crippen LogP) is 2.32. The summed E-state index contributed by atoms with van der Waals surface area (Å²) in [4.78, 5) is 0. The highest BCUT2D eigenvalue weighted by atomic mass is 15.0. The van der Waals surface area contributed by atoms with Crippen molar-refractivity contribution in [3.05, 3.63) is 0 Å². The Kier molecular flexibility index (Phi) is 3.20. The van der Waals surface area contributed by atoms with Gasteiger partial charge in [0.05, 0.1) is 0 Å². The lowest BCUT2D eigenvalue weighted by molar-refractivity contribution is 0.320. The third kappa shape index (κ3) is 2.30. The van der Waals surface area contributed by atoms with Crippen LogP contribution in [-0.2, 0) is 0 Å². The third-order valence-electron chi connectivity index (χ3n) is 2.35. The topological polar surface area (TPSA) is 12.0 Å². The molecule has 1 rings (SSSR count). The first-order valence-corrected chi connectivity index (χ1v) is 4.59. The van der Waals surface area contributed by atoms with Crippen LogP contribution >= 0.6 is 0 Å². The van der Waals surface area contributed by atoms with Gasteiger partial charge in [-0.15, -0.1) is 0 Å². The van der Waals surface area contributed by atoms with Gasteiger partial charge in [-0.25, -0.2) is 0 Å². The molecule has 10 heavy (non-hydrogen) atoms. The molecule has 1 saturated heterocycles. The highest BCUT2D eigenvalue weighted by Crippen LogP contribution is 2.15. The molecule has 2 atom stereocenters. The van der Waals surface area contributed by atoms with Crippen LogP contribution in [0.1, 0.15) is 46.0 Å². The van der Waals surface area contributed by atoms with Crippen molar-refractivity contribution >= 4 is 0 Å². The summed E-state index contributed by atoms with van der Waals surface area (Å²) in [5, 5.41) is 3.62. The van der Waals surface area contributed by atoms with Crippen LogP contribution in [0.15, 0.2) is 0 Å². The fraction of sp³-hybridized carbons (Fsp3) is 1.00. The zero-order chi connectivity index (χ0) is 7.40. The Hall–Kier alpha value is -0.0400. The Morgan fingerprint density at radius 2 is 2.20 bits per heavy atom. The zero-order valence-corrected chi connectivity index (χ0v) is 7.19. The van der Waals surface area contributed by atoms with Crippen molar-refractivity contribution in [1.82, 2.24) is 5.32 Å². The summed E-state index contributed by atoms with van der Waals surface area (Å²) in [6, 6.07) is 1.60. The summed E-state index contributed by atoms with van der Waals surface area (Å²) in [5.74, 6) is 0. The minimum Gasteiger partial charge on any atom is -0.312 e. The fourth-order valence-corrected chi connectivity index (χ4v) is 1.82. The highest BCUT2D eigenvalue weighted by molar-refractivity contribution is 4.76. The maximum atomic E-state index is 3.62. The van der Waals surface area contributed by atoms with E-state index < -0.39 is 0 Å². The summed E-state index contributed by atoms with van der Waals surface area (Å²) in [7, 11) is 0. The molecule has 1 fully saturated rings. The molecule has 0 radical (unpaired) electrons. The van der Waals surface area contributed by atoms with Crippen molar-refractivity contribution in [2.45, 2.75) is 58.0 Å². The molecule has 1 heteroatoms. The van der Waals surface area contributed by atoms with E-state index in [0.717, 1.165) is 12.1 Å². The molecule has 1 nitrogen and oxygen atoms in total. The van der Waals surface area contributed by atoms with Gasteiger partial charge >= 0.3 is 0 Å². The molecule has 1 heterocycles. The van der Waals surface area contributed by atoms with Crippen LogP contribution < -0.4 is 5.32 Å². The SMILES string of the molecule is CCCC1CCCC(C)N1. The fourth-order valence-electron chi connectivity index (χ4n) is 1.82. The Morgan fingerprint density at radius 3 is 2.80 bits per heavy atom. The summed E-state index contributed by atoms with van der Waals surface area (Å²) < 4.78 is 0. The van der Waals surface area contributed by atoms with E-state index in [2.05, 4.69) is 19.2 Å². The minimum atomic E-state index is 0.769. The summed E-state index contributed by atoms with van der Waals surface area (Å²) >= 11 is 0. The van der Waals surface area contributed by atoms with Gasteiger partial charge in [0.25, 0.3) is 0 Å². The van der Waals surface area contributed by atoms with Gasteiger partial charge in [-0.2, -0.15) is 0 Å². The van der Waals surface area contributed by atoms with Crippen molar-refractivity contribution < 1.29 is 0 Å². The summed E-state index contributed by atoms with van der Waals surface area (Å²) in [5.41, 5.74) is 0. The van der Waals surface area contributed by atoms with E-state index in [0.29, 0.717) is 0 Å². The molecule has 60 valence electrons. The number of nitrogens with one attached hydrogen (secondary N) is 1. The lowest BCUT2D eigenvalue weighted by atomic mass is 9.97. The quantitative estimate of drug-likeness (QED) is 0.622. The van der Waals surface area contributed by atoms with Crippen LogP contribution in [0.3, 0.4) is 0 Å². The Bertz CT molecular complexity index is 88.7. The highest BCUT2D eigenvalue weighted by Gasteiger charge is 2.15. The van der Waals surface area contributed by atoms with E-state index in [1.807, 2.05) is 0 Å². The van der Waals surface area contributed by atoms with Crippen LogP contribution in [-0.4, -0.2) is 12.1 Å². The smallest absolute Gasteiger partial charge is 0.00694 e. The largest absolute Gasteiger partial charge is 0.312 e. The molecule has 0 aromatic carbocycles. The average Bonchev–Trinajstić information content (AvgIpc) is 1.88. The second kappa shape index (κ2) is 3.97. The van der Waals surface area contributed by atoms with Crippen molar-refractivity contribution in [2.75, 3.05) is 0 Å². The lowest BCUT2D eigenvalue weighted by Crippen LogP contribution is -2.40. The van der Waals surface area contributed by atoms with E-state index in [-0.39, 0.29) is 0 Å². The van der Waals surface area contributed by atoms with Crippen LogP contribution in [0.2, 0.25) is 0 Å². The molecule has 0 amide bonds. The molecule has 0 saturated carbocycles. The molecule has 0 aromatic rings. The van der Waals surface area contributed by atoms with Crippen LogP contribution in [0.5, 0.6) is 0 Å². The van der Waals surface area contributed by atoms with Crippen molar-refractivity contribution in [3.63, 3.8) is 0 Å². The molecule has 2 unspecified atom stereocenters. The van der Waals surface area contributed by atoms with Gasteiger partial charge in [-0.05, 0) is 26.2 Å². The number of rotatable bonds is 2. The molecule has 0 spiro atoms. The van der Waals surface area contributed by atoms with Crippen LogP contribution in [0, 0.1) is 0 Å². The van der Waals surface area contributed by atoms with Gasteiger partial charge in [0, 0.05) is 12.1 Å². The maximum absolute atomic E-state index is 3.62. The van der Waals surface area contributed by atoms with E-state index in [1.54, 1.807) is 0 Å². The lowest BCUT2D eigenvalue weighted by Gasteiger charge is -2.28. The molecule has 0 aliphatic carbocycles. The third-order valence-corrected chi connectivity index (χ3v) is 2.35. The molecule has 0 aromatic heterocycles. The molecular weight excluding hydrogens is 122 g/mol. The second-order valence-electron chi connectivity index (χ2n) is 3.48. The van der Waals surface area contributed by atoms with E-state index in [9.17, 15) is 0 Å². The average molecular weight is 141 g/mol. The molecular formula is C9H19N. The van der Waals surface area contributed by atoms with E-state index in [1.165, 1.54) is 32.1 Å². The van der Waals surface area contributed by atoms with Gasteiger partial charge in [0.15, 0.2) is 0 Å². The van der Waals surface area contributed by atoms with Gasteiger partial charge in [-0.3, -0.25) is 0 Å². The Morgan fingerprint density at radius 1 is 1.40 bits per heavy atom. The normalized spacial score (nSPS) is 34.2. The van der Waals surface area contributed by atoms with Crippen molar-refractivity contribution in [2.24, 2.45) is 0 Å². The number of piperidine rings is 1. The molecule has 0 bridgehead atoms. The monoisotopic (exact) mass is 141 g/mol. The zero-order valence-electron chi connectivity index (χ0n) is 7.19. The van der Waals surface area contributed by atoms with Gasteiger partial charge in [0.2, 0.25) is 0 Å². The minimum absolute atomic E-state index is 0.769. The summed E-state index contributed by atoms with van der Waals surface area (Å²) in [6.45, 7) is 4.56. The number of hydrogen-bond donors (Lipinski definition) is 1. The Balaban J connectivity index is 2.18. The first kappa shape index (κ1) is 8.06. The van der Waals surface area contributed by atoms with E-state index >= 15 is 0 Å². The molecule has 1 aliphatic heterocycles. The Labute approximate surface area is 64.2 Å². The summed E-state index contributed by atoms with van der Waals surface area (Å²) in [6.07, 6.45) is 6.89. The standard InChI is InChI=1S/C9H19N/c1-3-5-9-7-4-6-8(2)10-9/h8-10H,3-7H2,1-2H3. The van der Waals surface area contributed by atoms with Crippen molar-refractivity contribution in [3.8, 4) is 0 Å². The van der Waals surface area contributed by atoms with Gasteiger partial charge in [0.1, 0.15) is 0 Å². The van der Waals surface area contributed by atoms with Crippen LogP contribution in [0.4, 0.5) is 0 Å². The molecule has 1 N–H and O–H groups in total. The van der Waals surface area contributed by atoms with E-state index in [4.69, 9.17) is 0 Å². The first-order valence-electron chi connectivity index (χ1n) is 4.59. The first-order chi connectivity index (χ1) is 4.83. The van der Waals surface area contributed by atoms with Crippen LogP contribution in [0.25, 0.3) is 0 Å². The van der Waals surface area contributed by atoms with Gasteiger partial charge in [-0.1, -0.05) is 19.8 Å². The second-order valence-corrected chi connectivity index (χ2v) is 3.48. The molecule has 1 aliphatic rings. The van der Waals surface area contributed by atoms with Crippen molar-refractivity contribution in [1.29, 1.82) is 0 Å². The number of hydrogen-bond acceptors (Lipinski definition) is 1. The maximum Gasteiger partial charge on any atom is 0.00694 e. The van der Waals surface area contributed by atoms with Gasteiger partial charge < -0.3 is 5.32 Å². The predicted molar refractivity (Wildman–Crippen MR) is 45.1 cm³/mol.